The number of esters is 1. The third kappa shape index (κ3) is 4.49. The quantitative estimate of drug-likeness (QED) is 0.468. The molecule has 1 aromatic rings. The summed E-state index contributed by atoms with van der Waals surface area (Å²) >= 11 is 0. The van der Waals surface area contributed by atoms with Crippen LogP contribution in [0.2, 0.25) is 0 Å². The molecule has 24 heavy (non-hydrogen) atoms. The van der Waals surface area contributed by atoms with Gasteiger partial charge in [0.15, 0.2) is 0 Å². The van der Waals surface area contributed by atoms with Gasteiger partial charge in [-0.05, 0) is 32.0 Å². The molecule has 0 fully saturated rings. The molecular weight excluding hydrogens is 336 g/mol. The number of benzene rings is 1. The Bertz CT molecular complexity index is 594. The minimum absolute atomic E-state index is 0.220. The van der Waals surface area contributed by atoms with Gasteiger partial charge in [-0.3, -0.25) is 5.32 Å². The predicted molar refractivity (Wildman–Crippen MR) is 75.6 cm³/mol. The fourth-order valence-corrected chi connectivity index (χ4v) is 1.73. The highest BCUT2D eigenvalue weighted by Gasteiger charge is 2.64. The molecule has 1 atom stereocenters. The summed E-state index contributed by atoms with van der Waals surface area (Å²) < 4.78 is 62.9. The first-order chi connectivity index (χ1) is 11.2. The van der Waals surface area contributed by atoms with E-state index in [1.54, 1.807) is 5.32 Å². The van der Waals surface area contributed by atoms with Gasteiger partial charge in [0, 0.05) is 5.69 Å². The van der Waals surface area contributed by atoms with E-state index in [0.717, 1.165) is 24.3 Å². The SMILES string of the molecule is CCOC(=O)N[C@@](Nc1cccc(F)c1)(C(=O)OCC)C(F)(F)F. The summed E-state index contributed by atoms with van der Waals surface area (Å²) in [6.07, 6.45) is -6.80. The van der Waals surface area contributed by atoms with E-state index in [9.17, 15) is 27.2 Å². The van der Waals surface area contributed by atoms with Crippen LogP contribution in [0.25, 0.3) is 0 Å². The van der Waals surface area contributed by atoms with Gasteiger partial charge in [0.05, 0.1) is 13.2 Å². The van der Waals surface area contributed by atoms with Crippen LogP contribution in [0.4, 0.5) is 28.0 Å². The third-order valence-electron chi connectivity index (χ3n) is 2.73. The van der Waals surface area contributed by atoms with Crippen molar-refractivity contribution in [2.45, 2.75) is 25.7 Å². The number of carbonyl (C=O) groups excluding carboxylic acids is 2. The molecule has 0 saturated carbocycles. The third-order valence-corrected chi connectivity index (χ3v) is 2.73. The molecule has 0 spiro atoms. The first-order valence-electron chi connectivity index (χ1n) is 6.89. The number of ether oxygens (including phenoxy) is 2. The first-order valence-corrected chi connectivity index (χ1v) is 6.89. The molecule has 2 N–H and O–H groups in total. The highest BCUT2D eigenvalue weighted by atomic mass is 19.4. The van der Waals surface area contributed by atoms with Gasteiger partial charge < -0.3 is 14.8 Å². The normalized spacial score (nSPS) is 13.6. The largest absolute Gasteiger partial charge is 0.463 e. The van der Waals surface area contributed by atoms with Crippen molar-refractivity contribution in [2.24, 2.45) is 0 Å². The Morgan fingerprint density at radius 3 is 2.25 bits per heavy atom. The van der Waals surface area contributed by atoms with Crippen molar-refractivity contribution in [2.75, 3.05) is 18.5 Å². The molecule has 6 nitrogen and oxygen atoms in total. The number of alkyl carbamates (subject to hydrolysis) is 1. The molecule has 10 heteroatoms. The molecule has 0 aliphatic rings. The van der Waals surface area contributed by atoms with Crippen molar-refractivity contribution in [1.82, 2.24) is 5.32 Å². The summed E-state index contributed by atoms with van der Waals surface area (Å²) in [5.74, 6) is -2.65. The van der Waals surface area contributed by atoms with Gasteiger partial charge in [-0.2, -0.15) is 13.2 Å². The summed E-state index contributed by atoms with van der Waals surface area (Å²) in [6, 6.07) is 3.96. The van der Waals surface area contributed by atoms with Gasteiger partial charge >= 0.3 is 23.9 Å². The highest BCUT2D eigenvalue weighted by molar-refractivity contribution is 5.89. The Hall–Kier alpha value is -2.52. The lowest BCUT2D eigenvalue weighted by Crippen LogP contribution is -2.69. The van der Waals surface area contributed by atoms with Crippen LogP contribution in [-0.2, 0) is 14.3 Å². The topological polar surface area (TPSA) is 76.7 Å². The minimum Gasteiger partial charge on any atom is -0.463 e. The molecule has 0 aliphatic carbocycles. The van der Waals surface area contributed by atoms with Gasteiger partial charge in [0.1, 0.15) is 5.82 Å². The fourth-order valence-electron chi connectivity index (χ4n) is 1.73. The number of halogens is 4. The second-order valence-electron chi connectivity index (χ2n) is 4.45. The Labute approximate surface area is 135 Å². The molecule has 0 saturated heterocycles. The standard InChI is InChI=1S/C14H16F4N2O4/c1-3-23-11(21)13(14(16,17)18,20-12(22)24-4-2)19-10-7-5-6-9(15)8-10/h5-8,19H,3-4H2,1-2H3,(H,20,22)/t13-/m0/s1. The number of carbonyl (C=O) groups is 2. The van der Waals surface area contributed by atoms with Gasteiger partial charge in [-0.15, -0.1) is 0 Å². The minimum atomic E-state index is -5.31. The number of alkyl halides is 3. The van der Waals surface area contributed by atoms with Crippen LogP contribution in [0.1, 0.15) is 13.8 Å². The molecule has 1 aromatic carbocycles. The maximum absolute atomic E-state index is 13.6. The highest BCUT2D eigenvalue weighted by Crippen LogP contribution is 2.33. The van der Waals surface area contributed by atoms with E-state index in [1.807, 2.05) is 0 Å². The van der Waals surface area contributed by atoms with E-state index in [0.29, 0.717) is 0 Å². The van der Waals surface area contributed by atoms with Gasteiger partial charge in [-0.25, -0.2) is 14.0 Å². The second-order valence-corrected chi connectivity index (χ2v) is 4.45. The van der Waals surface area contributed by atoms with Crippen LogP contribution in [0.3, 0.4) is 0 Å². The molecule has 0 aromatic heterocycles. The summed E-state index contributed by atoms with van der Waals surface area (Å²) in [5, 5.41) is 3.23. The van der Waals surface area contributed by atoms with E-state index in [-0.39, 0.29) is 13.2 Å². The number of hydrogen-bond acceptors (Lipinski definition) is 5. The molecule has 1 rings (SSSR count). The fraction of sp³-hybridized carbons (Fsp3) is 0.429. The van der Waals surface area contributed by atoms with Crippen molar-refractivity contribution in [3.63, 3.8) is 0 Å². The molecule has 134 valence electrons. The molecule has 0 bridgehead atoms. The molecular formula is C14H16F4N2O4. The monoisotopic (exact) mass is 352 g/mol. The zero-order chi connectivity index (χ0) is 18.4. The van der Waals surface area contributed by atoms with Crippen molar-refractivity contribution >= 4 is 17.7 Å². The number of anilines is 1. The lowest BCUT2D eigenvalue weighted by atomic mass is 10.1. The van der Waals surface area contributed by atoms with Gasteiger partial charge in [0.25, 0.3) is 0 Å². The Balaban J connectivity index is 3.33. The Kier molecular flexibility index (Phi) is 6.38. The van der Waals surface area contributed by atoms with Crippen molar-refractivity contribution in [1.29, 1.82) is 0 Å². The molecule has 1 amide bonds. The number of amides is 1. The maximum atomic E-state index is 13.6. The lowest BCUT2D eigenvalue weighted by molar-refractivity contribution is -0.205. The number of rotatable bonds is 6. The van der Waals surface area contributed by atoms with E-state index in [2.05, 4.69) is 9.47 Å². The molecule has 0 radical (unpaired) electrons. The Morgan fingerprint density at radius 1 is 1.12 bits per heavy atom. The van der Waals surface area contributed by atoms with Crippen LogP contribution in [0, 0.1) is 5.82 Å². The van der Waals surface area contributed by atoms with E-state index < -0.39 is 35.4 Å². The van der Waals surface area contributed by atoms with Crippen molar-refractivity contribution in [3.8, 4) is 0 Å². The number of hydrogen-bond donors (Lipinski definition) is 2. The average molecular weight is 352 g/mol. The first kappa shape index (κ1) is 19.5. The second kappa shape index (κ2) is 7.84. The van der Waals surface area contributed by atoms with E-state index >= 15 is 0 Å². The summed E-state index contributed by atoms with van der Waals surface area (Å²) in [5.41, 5.74) is -4.03. The van der Waals surface area contributed by atoms with Crippen molar-refractivity contribution in [3.05, 3.63) is 30.1 Å². The molecule has 0 aliphatic heterocycles. The van der Waals surface area contributed by atoms with E-state index in [4.69, 9.17) is 0 Å². The van der Waals surface area contributed by atoms with Gasteiger partial charge in [-0.1, -0.05) is 6.07 Å². The zero-order valence-electron chi connectivity index (χ0n) is 12.9. The Morgan fingerprint density at radius 2 is 1.75 bits per heavy atom. The summed E-state index contributed by atoms with van der Waals surface area (Å²) in [6.45, 7) is 2.08. The van der Waals surface area contributed by atoms with Crippen molar-refractivity contribution < 1.29 is 36.6 Å². The van der Waals surface area contributed by atoms with E-state index in [1.165, 1.54) is 19.2 Å². The predicted octanol–water partition coefficient (Wildman–Crippen LogP) is 2.81. The van der Waals surface area contributed by atoms with Crippen LogP contribution < -0.4 is 10.6 Å². The zero-order valence-corrected chi connectivity index (χ0v) is 12.9. The van der Waals surface area contributed by atoms with Gasteiger partial charge in [0.2, 0.25) is 0 Å². The maximum Gasteiger partial charge on any atom is 0.442 e. The van der Waals surface area contributed by atoms with Crippen LogP contribution in [-0.4, -0.2) is 37.1 Å². The molecule has 0 unspecified atom stereocenters. The summed E-state index contributed by atoms with van der Waals surface area (Å²) in [7, 11) is 0. The molecule has 0 heterocycles. The summed E-state index contributed by atoms with van der Waals surface area (Å²) in [4.78, 5) is 23.5. The average Bonchev–Trinajstić information content (AvgIpc) is 2.45. The smallest absolute Gasteiger partial charge is 0.442 e. The van der Waals surface area contributed by atoms with Crippen LogP contribution in [0.15, 0.2) is 24.3 Å². The van der Waals surface area contributed by atoms with Crippen LogP contribution >= 0.6 is 0 Å². The lowest BCUT2D eigenvalue weighted by Gasteiger charge is -2.34. The van der Waals surface area contributed by atoms with Crippen LogP contribution in [0.5, 0.6) is 0 Å². The number of nitrogens with one attached hydrogen (secondary N) is 2.